The van der Waals surface area contributed by atoms with Gasteiger partial charge in [0.1, 0.15) is 17.4 Å². The Morgan fingerprint density at radius 3 is 2.32 bits per heavy atom. The molecule has 1 amide bonds. The van der Waals surface area contributed by atoms with Crippen LogP contribution in [0.15, 0.2) is 72.8 Å². The molecule has 0 N–H and O–H groups in total. The predicted octanol–water partition coefficient (Wildman–Crippen LogP) is 4.34. The Morgan fingerprint density at radius 1 is 0.912 bits per heavy atom. The van der Waals surface area contributed by atoms with Crippen molar-refractivity contribution in [1.29, 1.82) is 0 Å². The molecule has 34 heavy (non-hydrogen) atoms. The van der Waals surface area contributed by atoms with Gasteiger partial charge < -0.3 is 14.5 Å². The lowest BCUT2D eigenvalue weighted by Crippen LogP contribution is -2.49. The molecule has 1 aromatic heterocycles. The number of anilines is 1. The molecule has 1 aliphatic rings. The first-order valence-corrected chi connectivity index (χ1v) is 11.3. The van der Waals surface area contributed by atoms with Crippen molar-refractivity contribution in [3.05, 3.63) is 84.2 Å². The van der Waals surface area contributed by atoms with Gasteiger partial charge in [-0.2, -0.15) is 0 Å². The van der Waals surface area contributed by atoms with Crippen molar-refractivity contribution in [2.24, 2.45) is 0 Å². The number of hydrogen-bond donors (Lipinski definition) is 0. The van der Waals surface area contributed by atoms with Crippen molar-refractivity contribution < 1.29 is 13.9 Å². The molecule has 172 valence electrons. The number of hydrogen-bond acceptors (Lipinski definition) is 5. The number of para-hydroxylation sites is 1. The Hall–Kier alpha value is -4.00. The number of rotatable bonds is 5. The van der Waals surface area contributed by atoms with E-state index in [1.165, 1.54) is 12.1 Å². The van der Waals surface area contributed by atoms with E-state index in [1.54, 1.807) is 19.2 Å². The van der Waals surface area contributed by atoms with Crippen LogP contribution in [0.5, 0.6) is 5.75 Å². The van der Waals surface area contributed by atoms with Crippen molar-refractivity contribution in [3.8, 4) is 17.1 Å². The molecule has 0 atom stereocenters. The molecule has 7 heteroatoms. The van der Waals surface area contributed by atoms with Crippen LogP contribution in [-0.2, 0) is 11.2 Å². The zero-order valence-corrected chi connectivity index (χ0v) is 18.9. The summed E-state index contributed by atoms with van der Waals surface area (Å²) in [7, 11) is 1.64. The zero-order chi connectivity index (χ0) is 23.5. The molecule has 0 aliphatic carbocycles. The normalized spacial score (nSPS) is 13.8. The number of carbonyl (C=O) groups excluding carboxylic acids is 1. The minimum atomic E-state index is -0.295. The largest absolute Gasteiger partial charge is 0.497 e. The highest BCUT2D eigenvalue weighted by atomic mass is 19.1. The fraction of sp³-hybridized carbons (Fsp3) is 0.222. The van der Waals surface area contributed by atoms with Gasteiger partial charge in [-0.05, 0) is 54.1 Å². The first-order valence-electron chi connectivity index (χ1n) is 11.3. The van der Waals surface area contributed by atoms with Gasteiger partial charge in [0.2, 0.25) is 5.91 Å². The average molecular weight is 457 g/mol. The van der Waals surface area contributed by atoms with E-state index in [0.717, 1.165) is 33.6 Å². The second-order valence-electron chi connectivity index (χ2n) is 8.29. The highest BCUT2D eigenvalue weighted by Crippen LogP contribution is 2.29. The molecule has 0 saturated carbocycles. The van der Waals surface area contributed by atoms with Gasteiger partial charge in [-0.15, -0.1) is 0 Å². The summed E-state index contributed by atoms with van der Waals surface area (Å²) in [6.45, 7) is 2.57. The van der Waals surface area contributed by atoms with Crippen molar-refractivity contribution in [2.75, 3.05) is 38.2 Å². The van der Waals surface area contributed by atoms with E-state index in [4.69, 9.17) is 14.7 Å². The Balaban J connectivity index is 1.35. The summed E-state index contributed by atoms with van der Waals surface area (Å²) in [5.74, 6) is 2.08. The van der Waals surface area contributed by atoms with Gasteiger partial charge in [-0.25, -0.2) is 14.4 Å². The molecule has 0 spiro atoms. The van der Waals surface area contributed by atoms with Gasteiger partial charge in [0, 0.05) is 37.1 Å². The van der Waals surface area contributed by atoms with Crippen molar-refractivity contribution in [2.45, 2.75) is 6.42 Å². The Labute approximate surface area is 197 Å². The topological polar surface area (TPSA) is 58.6 Å². The van der Waals surface area contributed by atoms with Crippen LogP contribution in [-0.4, -0.2) is 54.1 Å². The number of methoxy groups -OCH3 is 1. The van der Waals surface area contributed by atoms with E-state index in [9.17, 15) is 9.18 Å². The molecular weight excluding hydrogens is 431 g/mol. The third-order valence-electron chi connectivity index (χ3n) is 6.13. The van der Waals surface area contributed by atoms with E-state index >= 15 is 0 Å². The van der Waals surface area contributed by atoms with Gasteiger partial charge in [0.15, 0.2) is 5.82 Å². The summed E-state index contributed by atoms with van der Waals surface area (Å²) >= 11 is 0. The fourth-order valence-corrected chi connectivity index (χ4v) is 4.23. The number of carbonyl (C=O) groups is 1. The van der Waals surface area contributed by atoms with Crippen LogP contribution in [0.4, 0.5) is 10.2 Å². The Morgan fingerprint density at radius 2 is 1.62 bits per heavy atom. The lowest BCUT2D eigenvalue weighted by molar-refractivity contribution is -0.130. The summed E-state index contributed by atoms with van der Waals surface area (Å²) in [6.07, 6.45) is 0.276. The van der Waals surface area contributed by atoms with Crippen LogP contribution in [0.25, 0.3) is 22.3 Å². The number of piperazine rings is 1. The average Bonchev–Trinajstić information content (AvgIpc) is 2.89. The first-order chi connectivity index (χ1) is 16.6. The molecule has 4 aromatic rings. The van der Waals surface area contributed by atoms with Crippen LogP contribution >= 0.6 is 0 Å². The van der Waals surface area contributed by atoms with E-state index in [2.05, 4.69) is 4.90 Å². The predicted molar refractivity (Wildman–Crippen MR) is 130 cm³/mol. The van der Waals surface area contributed by atoms with E-state index in [-0.39, 0.29) is 18.1 Å². The molecule has 5 rings (SSSR count). The van der Waals surface area contributed by atoms with Crippen LogP contribution in [0.2, 0.25) is 0 Å². The number of aromatic nitrogens is 2. The van der Waals surface area contributed by atoms with Gasteiger partial charge >= 0.3 is 0 Å². The molecule has 1 aliphatic heterocycles. The van der Waals surface area contributed by atoms with Crippen LogP contribution < -0.4 is 9.64 Å². The van der Waals surface area contributed by atoms with E-state index < -0.39 is 0 Å². The molecule has 6 nitrogen and oxygen atoms in total. The Bertz CT molecular complexity index is 1300. The Kier molecular flexibility index (Phi) is 6.08. The number of fused-ring (bicyclic) bond motifs is 1. The second kappa shape index (κ2) is 9.47. The SMILES string of the molecule is COc1ccc(-c2nc(N3CCN(C(=O)Cc4ccc(F)cc4)CC3)c3ccccc3n2)cc1. The van der Waals surface area contributed by atoms with Crippen LogP contribution in [0.3, 0.4) is 0 Å². The third kappa shape index (κ3) is 4.55. The lowest BCUT2D eigenvalue weighted by atomic mass is 10.1. The minimum absolute atomic E-state index is 0.0534. The van der Waals surface area contributed by atoms with Gasteiger partial charge in [0.05, 0.1) is 19.0 Å². The van der Waals surface area contributed by atoms with Gasteiger partial charge in [-0.1, -0.05) is 24.3 Å². The lowest BCUT2D eigenvalue weighted by Gasteiger charge is -2.36. The van der Waals surface area contributed by atoms with Crippen molar-refractivity contribution in [3.63, 3.8) is 0 Å². The second-order valence-corrected chi connectivity index (χ2v) is 8.29. The third-order valence-corrected chi connectivity index (χ3v) is 6.13. The molecule has 2 heterocycles. The summed E-state index contributed by atoms with van der Waals surface area (Å²) in [5.41, 5.74) is 2.62. The number of benzene rings is 3. The zero-order valence-electron chi connectivity index (χ0n) is 18.9. The maximum absolute atomic E-state index is 13.1. The van der Waals surface area contributed by atoms with Crippen molar-refractivity contribution >= 4 is 22.6 Å². The molecule has 1 fully saturated rings. The number of nitrogens with zero attached hydrogens (tertiary/aromatic N) is 4. The van der Waals surface area contributed by atoms with Gasteiger partial charge in [-0.3, -0.25) is 4.79 Å². The van der Waals surface area contributed by atoms with Crippen LogP contribution in [0, 0.1) is 5.82 Å². The standard InChI is InChI=1S/C27H25FN4O2/c1-34-22-12-8-20(9-13-22)26-29-24-5-3-2-4-23(24)27(30-26)32-16-14-31(15-17-32)25(33)18-19-6-10-21(28)11-7-19/h2-13H,14-18H2,1H3. The summed E-state index contributed by atoms with van der Waals surface area (Å²) in [4.78, 5) is 26.6. The number of halogens is 1. The monoisotopic (exact) mass is 456 g/mol. The summed E-state index contributed by atoms with van der Waals surface area (Å²) in [5, 5.41) is 0.992. The minimum Gasteiger partial charge on any atom is -0.497 e. The molecule has 1 saturated heterocycles. The quantitative estimate of drug-likeness (QED) is 0.447. The van der Waals surface area contributed by atoms with Crippen molar-refractivity contribution in [1.82, 2.24) is 14.9 Å². The maximum atomic E-state index is 13.1. The maximum Gasteiger partial charge on any atom is 0.227 e. The first kappa shape index (κ1) is 21.8. The fourth-order valence-electron chi connectivity index (χ4n) is 4.23. The summed E-state index contributed by atoms with van der Waals surface area (Å²) < 4.78 is 18.4. The number of ether oxygens (including phenoxy) is 1. The summed E-state index contributed by atoms with van der Waals surface area (Å²) in [6, 6.07) is 21.8. The number of amides is 1. The molecule has 0 radical (unpaired) electrons. The molecular formula is C27H25FN4O2. The van der Waals surface area contributed by atoms with E-state index in [1.807, 2.05) is 53.4 Å². The highest BCUT2D eigenvalue weighted by Gasteiger charge is 2.24. The van der Waals surface area contributed by atoms with Gasteiger partial charge in [0.25, 0.3) is 0 Å². The molecule has 0 unspecified atom stereocenters. The van der Waals surface area contributed by atoms with E-state index in [0.29, 0.717) is 32.0 Å². The van der Waals surface area contributed by atoms with Crippen LogP contribution in [0.1, 0.15) is 5.56 Å². The molecule has 0 bridgehead atoms. The molecule has 3 aromatic carbocycles. The highest BCUT2D eigenvalue weighted by molar-refractivity contribution is 5.91. The smallest absolute Gasteiger partial charge is 0.227 e.